The number of nitrogens with zero attached hydrogens (tertiary/aromatic N) is 1. The van der Waals surface area contributed by atoms with Gasteiger partial charge in [-0.1, -0.05) is 13.8 Å². The van der Waals surface area contributed by atoms with Crippen LogP contribution in [0, 0.1) is 19.8 Å². The molecule has 1 rings (SSSR count). The molecule has 0 aliphatic heterocycles. The normalized spacial score (nSPS) is 11.0. The number of aromatic nitrogens is 1. The van der Waals surface area contributed by atoms with E-state index < -0.39 is 0 Å². The number of halogens is 1. The van der Waals surface area contributed by atoms with Crippen LogP contribution in [0.4, 0.5) is 0 Å². The SMILES string of the molecule is Cc1cc(C)c(CCl)c(OCCOCC(C)C)n1. The molecule has 0 amide bonds. The van der Waals surface area contributed by atoms with Crippen molar-refractivity contribution in [1.82, 2.24) is 4.98 Å². The van der Waals surface area contributed by atoms with E-state index in [0.29, 0.717) is 30.9 Å². The van der Waals surface area contributed by atoms with Gasteiger partial charge in [-0.15, -0.1) is 11.6 Å². The van der Waals surface area contributed by atoms with E-state index in [1.165, 1.54) is 0 Å². The summed E-state index contributed by atoms with van der Waals surface area (Å²) >= 11 is 5.92. The van der Waals surface area contributed by atoms with E-state index in [1.807, 2.05) is 19.9 Å². The van der Waals surface area contributed by atoms with Crippen LogP contribution in [0.25, 0.3) is 0 Å². The van der Waals surface area contributed by atoms with Gasteiger partial charge in [0.25, 0.3) is 0 Å². The minimum Gasteiger partial charge on any atom is -0.475 e. The highest BCUT2D eigenvalue weighted by Gasteiger charge is 2.09. The molecule has 3 nitrogen and oxygen atoms in total. The summed E-state index contributed by atoms with van der Waals surface area (Å²) in [5.74, 6) is 1.60. The highest BCUT2D eigenvalue weighted by molar-refractivity contribution is 6.17. The van der Waals surface area contributed by atoms with Crippen LogP contribution in [0.5, 0.6) is 5.88 Å². The van der Waals surface area contributed by atoms with Crippen molar-refractivity contribution in [3.8, 4) is 5.88 Å². The quantitative estimate of drug-likeness (QED) is 0.562. The summed E-state index contributed by atoms with van der Waals surface area (Å²) in [4.78, 5) is 4.38. The number of rotatable bonds is 7. The lowest BCUT2D eigenvalue weighted by Gasteiger charge is -2.12. The zero-order valence-electron chi connectivity index (χ0n) is 11.6. The van der Waals surface area contributed by atoms with Crippen molar-refractivity contribution in [2.75, 3.05) is 19.8 Å². The first-order valence-electron chi connectivity index (χ1n) is 6.28. The molecule has 0 N–H and O–H groups in total. The Morgan fingerprint density at radius 2 is 2.00 bits per heavy atom. The lowest BCUT2D eigenvalue weighted by Crippen LogP contribution is -2.12. The van der Waals surface area contributed by atoms with Crippen LogP contribution in [-0.4, -0.2) is 24.8 Å². The summed E-state index contributed by atoms with van der Waals surface area (Å²) in [6.07, 6.45) is 0. The van der Waals surface area contributed by atoms with Gasteiger partial charge < -0.3 is 9.47 Å². The number of ether oxygens (including phenoxy) is 2. The van der Waals surface area contributed by atoms with Crippen molar-refractivity contribution in [2.24, 2.45) is 5.92 Å². The van der Waals surface area contributed by atoms with Crippen molar-refractivity contribution >= 4 is 11.6 Å². The Labute approximate surface area is 114 Å². The molecule has 0 atom stereocenters. The largest absolute Gasteiger partial charge is 0.475 e. The van der Waals surface area contributed by atoms with Gasteiger partial charge in [0.15, 0.2) is 0 Å². The van der Waals surface area contributed by atoms with Crippen molar-refractivity contribution in [1.29, 1.82) is 0 Å². The maximum Gasteiger partial charge on any atom is 0.218 e. The van der Waals surface area contributed by atoms with Gasteiger partial charge in [0.2, 0.25) is 5.88 Å². The number of pyridine rings is 1. The zero-order valence-corrected chi connectivity index (χ0v) is 12.4. The molecule has 0 aliphatic rings. The predicted octanol–water partition coefficient (Wildman–Crippen LogP) is 3.49. The number of alkyl halides is 1. The van der Waals surface area contributed by atoms with Gasteiger partial charge in [0.05, 0.1) is 12.5 Å². The third-order valence-corrected chi connectivity index (χ3v) is 2.76. The van der Waals surface area contributed by atoms with E-state index in [9.17, 15) is 0 Å². The molecule has 0 aromatic carbocycles. The van der Waals surface area contributed by atoms with Gasteiger partial charge in [-0.25, -0.2) is 4.98 Å². The molecular weight excluding hydrogens is 250 g/mol. The van der Waals surface area contributed by atoms with Gasteiger partial charge in [-0.3, -0.25) is 0 Å². The van der Waals surface area contributed by atoms with Crippen molar-refractivity contribution < 1.29 is 9.47 Å². The third kappa shape index (κ3) is 4.83. The average Bonchev–Trinajstić information content (AvgIpc) is 2.27. The molecule has 0 fully saturated rings. The van der Waals surface area contributed by atoms with Crippen LogP contribution in [0.15, 0.2) is 6.07 Å². The van der Waals surface area contributed by atoms with Gasteiger partial charge >= 0.3 is 0 Å². The Hall–Kier alpha value is -0.800. The first kappa shape index (κ1) is 15.3. The molecule has 1 aromatic heterocycles. The molecule has 102 valence electrons. The van der Waals surface area contributed by atoms with Crippen LogP contribution in [0.3, 0.4) is 0 Å². The molecule has 0 radical (unpaired) electrons. The molecule has 4 heteroatoms. The molecule has 0 bridgehead atoms. The fraction of sp³-hybridized carbons (Fsp3) is 0.643. The second kappa shape index (κ2) is 7.59. The summed E-state index contributed by atoms with van der Waals surface area (Å²) < 4.78 is 11.1. The minimum absolute atomic E-state index is 0.418. The lowest BCUT2D eigenvalue weighted by molar-refractivity contribution is 0.0803. The van der Waals surface area contributed by atoms with Gasteiger partial charge in [0.1, 0.15) is 6.61 Å². The summed E-state index contributed by atoms with van der Waals surface area (Å²) in [6, 6.07) is 2.01. The summed E-state index contributed by atoms with van der Waals surface area (Å²) in [5, 5.41) is 0. The van der Waals surface area contributed by atoms with Crippen LogP contribution in [0.1, 0.15) is 30.7 Å². The zero-order chi connectivity index (χ0) is 13.5. The third-order valence-electron chi connectivity index (χ3n) is 2.49. The van der Waals surface area contributed by atoms with Gasteiger partial charge in [-0.05, 0) is 31.4 Å². The molecule has 1 heterocycles. The molecule has 1 aromatic rings. The maximum absolute atomic E-state index is 5.92. The Bertz CT molecular complexity index is 380. The van der Waals surface area contributed by atoms with Crippen LogP contribution >= 0.6 is 11.6 Å². The van der Waals surface area contributed by atoms with E-state index in [2.05, 4.69) is 18.8 Å². The molecule has 0 unspecified atom stereocenters. The van der Waals surface area contributed by atoms with E-state index in [1.54, 1.807) is 0 Å². The molecule has 0 aliphatic carbocycles. The van der Waals surface area contributed by atoms with Crippen molar-refractivity contribution in [2.45, 2.75) is 33.6 Å². The Morgan fingerprint density at radius 3 is 2.61 bits per heavy atom. The van der Waals surface area contributed by atoms with Crippen molar-refractivity contribution in [3.63, 3.8) is 0 Å². The fourth-order valence-electron chi connectivity index (χ4n) is 1.63. The van der Waals surface area contributed by atoms with E-state index >= 15 is 0 Å². The number of hydrogen-bond donors (Lipinski definition) is 0. The Morgan fingerprint density at radius 1 is 1.28 bits per heavy atom. The molecule has 0 saturated heterocycles. The average molecular weight is 272 g/mol. The predicted molar refractivity (Wildman–Crippen MR) is 74.4 cm³/mol. The smallest absolute Gasteiger partial charge is 0.218 e. The Balaban J connectivity index is 2.51. The standard InChI is InChI=1S/C14H22ClNO2/c1-10(2)9-17-5-6-18-14-13(8-15)11(3)7-12(4)16-14/h7,10H,5-6,8-9H2,1-4H3. The molecular formula is C14H22ClNO2. The topological polar surface area (TPSA) is 31.4 Å². The number of hydrogen-bond acceptors (Lipinski definition) is 3. The summed E-state index contributed by atoms with van der Waals surface area (Å²) in [5.41, 5.74) is 3.03. The van der Waals surface area contributed by atoms with Crippen LogP contribution in [0.2, 0.25) is 0 Å². The van der Waals surface area contributed by atoms with E-state index in [4.69, 9.17) is 21.1 Å². The maximum atomic E-state index is 5.92. The van der Waals surface area contributed by atoms with E-state index in [0.717, 1.165) is 23.4 Å². The van der Waals surface area contributed by atoms with Gasteiger partial charge in [0, 0.05) is 17.9 Å². The second-order valence-electron chi connectivity index (χ2n) is 4.82. The first-order chi connectivity index (χ1) is 8.54. The summed E-state index contributed by atoms with van der Waals surface area (Å²) in [6.45, 7) is 10.1. The fourth-order valence-corrected chi connectivity index (χ4v) is 1.95. The monoisotopic (exact) mass is 271 g/mol. The second-order valence-corrected chi connectivity index (χ2v) is 5.08. The van der Waals surface area contributed by atoms with Crippen LogP contribution < -0.4 is 4.74 Å². The summed E-state index contributed by atoms with van der Waals surface area (Å²) in [7, 11) is 0. The highest BCUT2D eigenvalue weighted by atomic mass is 35.5. The lowest BCUT2D eigenvalue weighted by atomic mass is 10.1. The van der Waals surface area contributed by atoms with Crippen LogP contribution in [-0.2, 0) is 10.6 Å². The molecule has 0 saturated carbocycles. The Kier molecular flexibility index (Phi) is 6.44. The highest BCUT2D eigenvalue weighted by Crippen LogP contribution is 2.22. The van der Waals surface area contributed by atoms with E-state index in [-0.39, 0.29) is 0 Å². The number of aryl methyl sites for hydroxylation is 2. The minimum atomic E-state index is 0.418. The molecule has 0 spiro atoms. The first-order valence-corrected chi connectivity index (χ1v) is 6.81. The molecule has 18 heavy (non-hydrogen) atoms. The van der Waals surface area contributed by atoms with Crippen molar-refractivity contribution in [3.05, 3.63) is 22.9 Å². The van der Waals surface area contributed by atoms with Gasteiger partial charge in [-0.2, -0.15) is 0 Å².